The van der Waals surface area contributed by atoms with Crippen LogP contribution in [0.5, 0.6) is 0 Å². The first kappa shape index (κ1) is 14.2. The van der Waals surface area contributed by atoms with E-state index in [9.17, 15) is 0 Å². The SMILES string of the molecule is [2H]C([2H])([2H])c1nc2n(C)c(-c3cc(C)cc(-c4cccc[n+]4C)[n+]3C)c(C)n2c1C. The Hall–Kier alpha value is -2.95. The van der Waals surface area contributed by atoms with Crippen LogP contribution >= 0.6 is 0 Å². The second-order valence-corrected chi connectivity index (χ2v) is 7.23. The maximum absolute atomic E-state index is 7.79. The van der Waals surface area contributed by atoms with E-state index in [1.165, 1.54) is 0 Å². The van der Waals surface area contributed by atoms with E-state index < -0.39 is 6.85 Å². The molecule has 0 amide bonds. The van der Waals surface area contributed by atoms with Gasteiger partial charge in [0, 0.05) is 41.1 Å². The first-order chi connectivity index (χ1) is 14.0. The maximum atomic E-state index is 7.79. The Morgan fingerprint density at radius 3 is 2.41 bits per heavy atom. The molecule has 0 aliphatic heterocycles. The first-order valence-electron chi connectivity index (χ1n) is 10.5. The minimum absolute atomic E-state index is 0.161. The van der Waals surface area contributed by atoms with Crippen molar-refractivity contribution in [2.45, 2.75) is 27.6 Å². The Kier molecular flexibility index (Phi) is 3.17. The molecule has 4 aromatic rings. The third-order valence-corrected chi connectivity index (χ3v) is 5.41. The summed E-state index contributed by atoms with van der Waals surface area (Å²) in [5.41, 5.74) is 7.23. The Balaban J connectivity index is 2.01. The molecule has 0 aromatic carbocycles. The van der Waals surface area contributed by atoms with Crippen molar-refractivity contribution in [1.29, 1.82) is 0 Å². The number of nitrogens with zero attached hydrogens (tertiary/aromatic N) is 5. The number of rotatable bonds is 2. The van der Waals surface area contributed by atoms with Crippen molar-refractivity contribution in [3.05, 3.63) is 59.2 Å². The van der Waals surface area contributed by atoms with Gasteiger partial charge in [0.15, 0.2) is 6.20 Å². The van der Waals surface area contributed by atoms with Crippen LogP contribution in [0.15, 0.2) is 36.5 Å². The molecule has 4 aromatic heterocycles. The van der Waals surface area contributed by atoms with Crippen LogP contribution in [0, 0.1) is 27.6 Å². The van der Waals surface area contributed by atoms with Crippen molar-refractivity contribution in [2.75, 3.05) is 0 Å². The van der Waals surface area contributed by atoms with Crippen molar-refractivity contribution in [2.24, 2.45) is 21.1 Å². The van der Waals surface area contributed by atoms with Crippen molar-refractivity contribution >= 4 is 5.78 Å². The lowest BCUT2D eigenvalue weighted by Gasteiger charge is -2.08. The van der Waals surface area contributed by atoms with Gasteiger partial charge in [0.2, 0.25) is 11.5 Å². The topological polar surface area (TPSA) is 30.0 Å². The molecule has 0 aliphatic carbocycles. The van der Waals surface area contributed by atoms with Crippen molar-refractivity contribution < 1.29 is 13.2 Å². The van der Waals surface area contributed by atoms with E-state index in [4.69, 9.17) is 4.11 Å². The van der Waals surface area contributed by atoms with E-state index in [0.29, 0.717) is 11.5 Å². The summed E-state index contributed by atoms with van der Waals surface area (Å²) in [6.07, 6.45) is 2.04. The Bertz CT molecular complexity index is 1290. The summed E-state index contributed by atoms with van der Waals surface area (Å²) in [5.74, 6) is 0.638. The summed E-state index contributed by atoms with van der Waals surface area (Å²) >= 11 is 0. The number of pyridine rings is 2. The first-order valence-corrected chi connectivity index (χ1v) is 9.03. The van der Waals surface area contributed by atoms with Gasteiger partial charge in [0.05, 0.1) is 11.4 Å². The monoisotopic (exact) mass is 364 g/mol. The molecule has 4 rings (SSSR count). The summed E-state index contributed by atoms with van der Waals surface area (Å²) in [5, 5.41) is 0. The van der Waals surface area contributed by atoms with Crippen LogP contribution in [0.3, 0.4) is 0 Å². The molecular formula is C22H27N5+2. The highest BCUT2D eigenvalue weighted by Gasteiger charge is 2.28. The number of fused-ring (bicyclic) bond motifs is 1. The third-order valence-electron chi connectivity index (χ3n) is 5.41. The summed E-state index contributed by atoms with van der Waals surface area (Å²) < 4.78 is 31.6. The highest BCUT2D eigenvalue weighted by Crippen LogP contribution is 2.28. The lowest BCUT2D eigenvalue weighted by atomic mass is 10.1. The molecule has 0 saturated carbocycles. The number of imidazole rings is 2. The van der Waals surface area contributed by atoms with E-state index in [0.717, 1.165) is 34.0 Å². The zero-order chi connectivity index (χ0) is 22.0. The van der Waals surface area contributed by atoms with Crippen LogP contribution in [0.1, 0.15) is 26.8 Å². The van der Waals surface area contributed by atoms with Crippen LogP contribution in [-0.2, 0) is 21.1 Å². The van der Waals surface area contributed by atoms with E-state index in [1.54, 1.807) is 0 Å². The van der Waals surface area contributed by atoms with Gasteiger partial charge >= 0.3 is 0 Å². The van der Waals surface area contributed by atoms with Crippen molar-refractivity contribution in [3.63, 3.8) is 0 Å². The second-order valence-electron chi connectivity index (χ2n) is 7.23. The van der Waals surface area contributed by atoms with Gasteiger partial charge in [-0.3, -0.25) is 4.40 Å². The van der Waals surface area contributed by atoms with Crippen LogP contribution in [0.4, 0.5) is 0 Å². The lowest BCUT2D eigenvalue weighted by Crippen LogP contribution is -2.40. The number of hydrogen-bond acceptors (Lipinski definition) is 1. The van der Waals surface area contributed by atoms with Gasteiger partial charge in [-0.25, -0.2) is 4.98 Å². The molecule has 0 unspecified atom stereocenters. The van der Waals surface area contributed by atoms with E-state index in [-0.39, 0.29) is 5.69 Å². The smallest absolute Gasteiger partial charge is 0.277 e. The highest BCUT2D eigenvalue weighted by molar-refractivity contribution is 5.64. The van der Waals surface area contributed by atoms with E-state index >= 15 is 0 Å². The summed E-state index contributed by atoms with van der Waals surface area (Å²) in [7, 11) is 6.05. The van der Waals surface area contributed by atoms with Gasteiger partial charge in [-0.15, -0.1) is 0 Å². The fourth-order valence-electron chi connectivity index (χ4n) is 3.98. The Morgan fingerprint density at radius 1 is 1.00 bits per heavy atom. The van der Waals surface area contributed by atoms with E-state index in [1.807, 2.05) is 55.2 Å². The van der Waals surface area contributed by atoms with E-state index in [2.05, 4.69) is 46.3 Å². The molecule has 0 spiro atoms. The highest BCUT2D eigenvalue weighted by atomic mass is 15.2. The van der Waals surface area contributed by atoms with Crippen LogP contribution in [0.25, 0.3) is 28.6 Å². The predicted molar refractivity (Wildman–Crippen MR) is 106 cm³/mol. The standard InChI is InChI=1S/C22H27N5/c1-14-12-19(18-10-8-9-11-24(18)5)25(6)20(13-14)21-17(4)27-16(3)15(2)23-22(27)26(21)7/h8-13H,1-7H3/q+2/i2D3. The summed E-state index contributed by atoms with van der Waals surface area (Å²) in [4.78, 5) is 4.49. The molecule has 0 fully saturated rings. The van der Waals surface area contributed by atoms with Crippen molar-refractivity contribution in [3.8, 4) is 22.8 Å². The van der Waals surface area contributed by atoms with Gasteiger partial charge in [-0.05, 0) is 39.3 Å². The molecule has 0 N–H and O–H groups in total. The maximum Gasteiger partial charge on any atom is 0.277 e. The van der Waals surface area contributed by atoms with Gasteiger partial charge in [-0.2, -0.15) is 9.13 Å². The molecule has 4 heterocycles. The van der Waals surface area contributed by atoms with Crippen molar-refractivity contribution in [1.82, 2.24) is 14.0 Å². The molecule has 0 radical (unpaired) electrons. The molecule has 5 nitrogen and oxygen atoms in total. The molecule has 5 heteroatoms. The Morgan fingerprint density at radius 2 is 1.74 bits per heavy atom. The zero-order valence-electron chi connectivity index (χ0n) is 19.7. The predicted octanol–water partition coefficient (Wildman–Crippen LogP) is 2.89. The third kappa shape index (κ3) is 2.49. The normalized spacial score (nSPS) is 13.6. The minimum Gasteiger partial charge on any atom is -0.308 e. The summed E-state index contributed by atoms with van der Waals surface area (Å²) in [6.45, 7) is 3.71. The molecule has 138 valence electrons. The molecule has 0 saturated heterocycles. The number of hydrogen-bond donors (Lipinski definition) is 0. The fourth-order valence-corrected chi connectivity index (χ4v) is 3.98. The Labute approximate surface area is 164 Å². The summed E-state index contributed by atoms with van der Waals surface area (Å²) in [6, 6.07) is 10.5. The molecule has 0 atom stereocenters. The van der Waals surface area contributed by atoms with Crippen LogP contribution in [-0.4, -0.2) is 14.0 Å². The largest absolute Gasteiger partial charge is 0.308 e. The quantitative estimate of drug-likeness (QED) is 0.503. The number of aryl methyl sites for hydroxylation is 6. The van der Waals surface area contributed by atoms with Crippen LogP contribution in [0.2, 0.25) is 0 Å². The number of aromatic nitrogens is 5. The molecule has 0 bridgehead atoms. The zero-order valence-corrected chi connectivity index (χ0v) is 16.7. The van der Waals surface area contributed by atoms with Gasteiger partial charge in [0.1, 0.15) is 19.8 Å². The fraction of sp³-hybridized carbons (Fsp3) is 0.318. The second kappa shape index (κ2) is 6.05. The van der Waals surface area contributed by atoms with Gasteiger partial charge in [-0.1, -0.05) is 0 Å². The average molecular weight is 365 g/mol. The molecular weight excluding hydrogens is 334 g/mol. The van der Waals surface area contributed by atoms with Crippen LogP contribution < -0.4 is 9.13 Å². The molecule has 0 aliphatic rings. The lowest BCUT2D eigenvalue weighted by molar-refractivity contribution is -0.685. The van der Waals surface area contributed by atoms with Gasteiger partial charge in [0.25, 0.3) is 11.4 Å². The minimum atomic E-state index is -2.23. The average Bonchev–Trinajstić information content (AvgIpc) is 3.13. The van der Waals surface area contributed by atoms with Gasteiger partial charge < -0.3 is 4.57 Å². The molecule has 27 heavy (non-hydrogen) atoms.